The molecule has 0 spiro atoms. The lowest BCUT2D eigenvalue weighted by Gasteiger charge is -2.26. The summed E-state index contributed by atoms with van der Waals surface area (Å²) in [5.74, 6) is 1.77. The molecular formula is C12H22N2OS. The normalized spacial score (nSPS) is 33.8. The van der Waals surface area contributed by atoms with Gasteiger partial charge in [-0.2, -0.15) is 0 Å². The molecule has 0 aromatic heterocycles. The molecule has 0 unspecified atom stereocenters. The Balaban J connectivity index is 1.75. The predicted molar refractivity (Wildman–Crippen MR) is 69.3 cm³/mol. The maximum atomic E-state index is 9.09. The van der Waals surface area contributed by atoms with Crippen LogP contribution in [0.15, 0.2) is 0 Å². The third-order valence-corrected chi connectivity index (χ3v) is 4.34. The Bertz CT molecular complexity index is 255. The van der Waals surface area contributed by atoms with Gasteiger partial charge < -0.3 is 15.7 Å². The molecule has 2 fully saturated rings. The third kappa shape index (κ3) is 2.66. The standard InChI is InChI=1S/C12H22N2OS/c1-2-10(7-15)13-12(16)14-11-6-8-3-4-9(11)5-8/h8-11,15H,2-7H2,1H3,(H2,13,14,16)/t8-,9-,10+,11-/m0/s1. The van der Waals surface area contributed by atoms with E-state index in [0.717, 1.165) is 23.4 Å². The third-order valence-electron chi connectivity index (χ3n) is 4.10. The zero-order valence-electron chi connectivity index (χ0n) is 9.91. The molecule has 2 aliphatic rings. The monoisotopic (exact) mass is 242 g/mol. The minimum Gasteiger partial charge on any atom is -0.394 e. The molecular weight excluding hydrogens is 220 g/mol. The van der Waals surface area contributed by atoms with Gasteiger partial charge in [0.2, 0.25) is 0 Å². The summed E-state index contributed by atoms with van der Waals surface area (Å²) >= 11 is 5.28. The highest BCUT2D eigenvalue weighted by Gasteiger charge is 2.39. The zero-order chi connectivity index (χ0) is 11.5. The van der Waals surface area contributed by atoms with E-state index in [1.54, 1.807) is 0 Å². The molecule has 0 aromatic carbocycles. The zero-order valence-corrected chi connectivity index (χ0v) is 10.7. The lowest BCUT2D eigenvalue weighted by Crippen LogP contribution is -2.48. The van der Waals surface area contributed by atoms with Crippen LogP contribution in [-0.2, 0) is 0 Å². The van der Waals surface area contributed by atoms with Crippen molar-refractivity contribution in [1.29, 1.82) is 0 Å². The molecule has 0 radical (unpaired) electrons. The Labute approximate surface area is 103 Å². The molecule has 3 N–H and O–H groups in total. The van der Waals surface area contributed by atoms with E-state index < -0.39 is 0 Å². The van der Waals surface area contributed by atoms with Crippen molar-refractivity contribution in [1.82, 2.24) is 10.6 Å². The summed E-state index contributed by atoms with van der Waals surface area (Å²) in [6.45, 7) is 2.20. The fourth-order valence-electron chi connectivity index (χ4n) is 3.09. The van der Waals surface area contributed by atoms with Crippen LogP contribution in [0.5, 0.6) is 0 Å². The molecule has 0 amide bonds. The van der Waals surface area contributed by atoms with E-state index in [1.165, 1.54) is 25.7 Å². The number of aliphatic hydroxyl groups excluding tert-OH is 1. The van der Waals surface area contributed by atoms with Crippen molar-refractivity contribution >= 4 is 17.3 Å². The summed E-state index contributed by atoms with van der Waals surface area (Å²) in [5.41, 5.74) is 0. The molecule has 3 nitrogen and oxygen atoms in total. The fourth-order valence-corrected chi connectivity index (χ4v) is 3.41. The van der Waals surface area contributed by atoms with Gasteiger partial charge in [-0.3, -0.25) is 0 Å². The van der Waals surface area contributed by atoms with Gasteiger partial charge in [-0.05, 0) is 49.7 Å². The molecule has 0 heterocycles. The topological polar surface area (TPSA) is 44.3 Å². The molecule has 4 heteroatoms. The van der Waals surface area contributed by atoms with Crippen LogP contribution in [-0.4, -0.2) is 28.9 Å². The first-order valence-electron chi connectivity index (χ1n) is 6.40. The van der Waals surface area contributed by atoms with Crippen LogP contribution in [0.25, 0.3) is 0 Å². The van der Waals surface area contributed by atoms with Gasteiger partial charge in [-0.25, -0.2) is 0 Å². The van der Waals surface area contributed by atoms with Gasteiger partial charge in [0.25, 0.3) is 0 Å². The summed E-state index contributed by atoms with van der Waals surface area (Å²) in [6, 6.07) is 0.675. The van der Waals surface area contributed by atoms with Crippen molar-refractivity contribution in [2.45, 2.75) is 51.1 Å². The Morgan fingerprint density at radius 1 is 1.44 bits per heavy atom. The lowest BCUT2D eigenvalue weighted by molar-refractivity contribution is 0.251. The number of aliphatic hydroxyl groups is 1. The van der Waals surface area contributed by atoms with Crippen LogP contribution >= 0.6 is 12.2 Å². The van der Waals surface area contributed by atoms with E-state index in [4.69, 9.17) is 17.3 Å². The molecule has 16 heavy (non-hydrogen) atoms. The van der Waals surface area contributed by atoms with Crippen LogP contribution in [0.3, 0.4) is 0 Å². The van der Waals surface area contributed by atoms with Crippen molar-refractivity contribution in [3.8, 4) is 0 Å². The van der Waals surface area contributed by atoms with E-state index in [2.05, 4.69) is 10.6 Å². The van der Waals surface area contributed by atoms with Gasteiger partial charge in [0.15, 0.2) is 5.11 Å². The van der Waals surface area contributed by atoms with Gasteiger partial charge in [0.1, 0.15) is 0 Å². The Morgan fingerprint density at radius 2 is 2.25 bits per heavy atom. The van der Waals surface area contributed by atoms with Gasteiger partial charge in [-0.15, -0.1) is 0 Å². The van der Waals surface area contributed by atoms with E-state index in [1.807, 2.05) is 6.92 Å². The Morgan fingerprint density at radius 3 is 2.75 bits per heavy atom. The van der Waals surface area contributed by atoms with Crippen LogP contribution in [0.4, 0.5) is 0 Å². The largest absolute Gasteiger partial charge is 0.394 e. The quantitative estimate of drug-likeness (QED) is 0.652. The van der Waals surface area contributed by atoms with Crippen molar-refractivity contribution in [2.75, 3.05) is 6.61 Å². The van der Waals surface area contributed by atoms with Gasteiger partial charge >= 0.3 is 0 Å². The number of thiocarbonyl (C=S) groups is 1. The smallest absolute Gasteiger partial charge is 0.166 e. The number of rotatable bonds is 4. The average Bonchev–Trinajstić information content (AvgIpc) is 2.87. The van der Waals surface area contributed by atoms with Crippen molar-refractivity contribution < 1.29 is 5.11 Å². The molecule has 2 saturated carbocycles. The number of hydrogen-bond donors (Lipinski definition) is 3. The predicted octanol–water partition coefficient (Wildman–Crippen LogP) is 1.41. The highest BCUT2D eigenvalue weighted by Crippen LogP contribution is 2.44. The first kappa shape index (κ1) is 12.1. The van der Waals surface area contributed by atoms with Crippen molar-refractivity contribution in [3.05, 3.63) is 0 Å². The van der Waals surface area contributed by atoms with E-state index in [-0.39, 0.29) is 12.6 Å². The van der Waals surface area contributed by atoms with Crippen LogP contribution < -0.4 is 10.6 Å². The molecule has 2 aliphatic carbocycles. The Kier molecular flexibility index (Phi) is 4.03. The summed E-state index contributed by atoms with van der Waals surface area (Å²) in [4.78, 5) is 0. The Hall–Kier alpha value is -0.350. The maximum Gasteiger partial charge on any atom is 0.166 e. The second-order valence-electron chi connectivity index (χ2n) is 5.19. The molecule has 4 atom stereocenters. The summed E-state index contributed by atoms with van der Waals surface area (Å²) in [5, 5.41) is 16.4. The van der Waals surface area contributed by atoms with Crippen LogP contribution in [0.1, 0.15) is 39.0 Å². The minimum absolute atomic E-state index is 0.0959. The van der Waals surface area contributed by atoms with Gasteiger partial charge in [-0.1, -0.05) is 13.3 Å². The molecule has 2 bridgehead atoms. The average molecular weight is 242 g/mol. The SMILES string of the molecule is CC[C@H](CO)NC(=S)N[C@H]1C[C@H]2CC[C@H]1C2. The number of nitrogens with one attached hydrogen (secondary N) is 2. The van der Waals surface area contributed by atoms with Crippen LogP contribution in [0.2, 0.25) is 0 Å². The molecule has 2 rings (SSSR count). The van der Waals surface area contributed by atoms with Crippen molar-refractivity contribution in [3.63, 3.8) is 0 Å². The summed E-state index contributed by atoms with van der Waals surface area (Å²) in [7, 11) is 0. The summed E-state index contributed by atoms with van der Waals surface area (Å²) < 4.78 is 0. The molecule has 0 aliphatic heterocycles. The minimum atomic E-state index is 0.0959. The van der Waals surface area contributed by atoms with E-state index in [0.29, 0.717) is 6.04 Å². The first-order valence-corrected chi connectivity index (χ1v) is 6.81. The van der Waals surface area contributed by atoms with Crippen molar-refractivity contribution in [2.24, 2.45) is 11.8 Å². The fraction of sp³-hybridized carbons (Fsp3) is 0.917. The van der Waals surface area contributed by atoms with E-state index >= 15 is 0 Å². The lowest BCUT2D eigenvalue weighted by atomic mass is 9.95. The molecule has 0 aromatic rings. The highest BCUT2D eigenvalue weighted by molar-refractivity contribution is 7.80. The van der Waals surface area contributed by atoms with Crippen LogP contribution in [0, 0.1) is 11.8 Å². The molecule has 0 saturated heterocycles. The second kappa shape index (κ2) is 5.32. The van der Waals surface area contributed by atoms with Gasteiger partial charge in [0.05, 0.1) is 12.6 Å². The highest BCUT2D eigenvalue weighted by atomic mass is 32.1. The van der Waals surface area contributed by atoms with Gasteiger partial charge in [0, 0.05) is 6.04 Å². The number of fused-ring (bicyclic) bond motifs is 2. The molecule has 92 valence electrons. The van der Waals surface area contributed by atoms with E-state index in [9.17, 15) is 0 Å². The first-order chi connectivity index (χ1) is 7.72. The number of hydrogen-bond acceptors (Lipinski definition) is 2. The second-order valence-corrected chi connectivity index (χ2v) is 5.60. The summed E-state index contributed by atoms with van der Waals surface area (Å²) in [6.07, 6.45) is 6.34. The maximum absolute atomic E-state index is 9.09.